The Bertz CT molecular complexity index is 1270. The Hall–Kier alpha value is -3.94. The Balaban J connectivity index is 1.31. The van der Waals surface area contributed by atoms with Crippen LogP contribution in [0.4, 0.5) is 11.6 Å². The number of rotatable bonds is 5. The predicted octanol–water partition coefficient (Wildman–Crippen LogP) is 2.57. The smallest absolute Gasteiger partial charge is 0.261 e. The van der Waals surface area contributed by atoms with Crippen molar-refractivity contribution in [1.82, 2.24) is 19.5 Å². The second-order valence-corrected chi connectivity index (χ2v) is 7.71. The predicted molar refractivity (Wildman–Crippen MR) is 125 cm³/mol. The second kappa shape index (κ2) is 8.66. The molecule has 1 aliphatic rings. The van der Waals surface area contributed by atoms with Crippen molar-refractivity contribution in [3.63, 3.8) is 0 Å². The Kier molecular flexibility index (Phi) is 5.41. The number of benzene rings is 1. The summed E-state index contributed by atoms with van der Waals surface area (Å²) in [4.78, 5) is 30.9. The number of hydrogen-bond donors (Lipinski definition) is 0. The van der Waals surface area contributed by atoms with Gasteiger partial charge in [0.1, 0.15) is 5.75 Å². The van der Waals surface area contributed by atoms with Crippen LogP contribution in [0.2, 0.25) is 0 Å². The Morgan fingerprint density at radius 3 is 2.44 bits per heavy atom. The molecule has 0 radical (unpaired) electrons. The van der Waals surface area contributed by atoms with Gasteiger partial charge in [-0.05, 0) is 42.5 Å². The normalized spacial score (nSPS) is 14.0. The lowest BCUT2D eigenvalue weighted by Crippen LogP contribution is -2.47. The van der Waals surface area contributed by atoms with Crippen LogP contribution in [0.5, 0.6) is 5.75 Å². The lowest BCUT2D eigenvalue weighted by atomic mass is 10.2. The Morgan fingerprint density at radius 1 is 0.938 bits per heavy atom. The molecule has 8 nitrogen and oxygen atoms in total. The molecule has 0 aliphatic carbocycles. The zero-order chi connectivity index (χ0) is 21.9. The highest BCUT2D eigenvalue weighted by Crippen LogP contribution is 2.22. The van der Waals surface area contributed by atoms with Gasteiger partial charge >= 0.3 is 0 Å². The molecule has 32 heavy (non-hydrogen) atoms. The number of fused-ring (bicyclic) bond motifs is 1. The lowest BCUT2D eigenvalue weighted by molar-refractivity contribution is 0.415. The van der Waals surface area contributed by atoms with Gasteiger partial charge in [0.15, 0.2) is 0 Å². The number of ether oxygens (including phenoxy) is 1. The minimum atomic E-state index is -0.107. The van der Waals surface area contributed by atoms with Crippen LogP contribution in [-0.4, -0.2) is 52.8 Å². The molecule has 4 heterocycles. The fourth-order valence-electron chi connectivity index (χ4n) is 3.96. The Labute approximate surface area is 185 Å². The van der Waals surface area contributed by atoms with Gasteiger partial charge in [-0.1, -0.05) is 6.07 Å². The van der Waals surface area contributed by atoms with Crippen molar-refractivity contribution in [3.8, 4) is 5.75 Å². The summed E-state index contributed by atoms with van der Waals surface area (Å²) < 4.78 is 6.88. The summed E-state index contributed by atoms with van der Waals surface area (Å²) in [6.45, 7) is 3.80. The summed E-state index contributed by atoms with van der Waals surface area (Å²) in [6.07, 6.45) is 5.15. The largest absolute Gasteiger partial charge is 0.497 e. The summed E-state index contributed by atoms with van der Waals surface area (Å²) >= 11 is 0. The second-order valence-electron chi connectivity index (χ2n) is 7.71. The molecule has 0 amide bonds. The molecule has 8 heteroatoms. The van der Waals surface area contributed by atoms with Crippen molar-refractivity contribution >= 4 is 22.5 Å². The summed E-state index contributed by atoms with van der Waals surface area (Å²) in [5.41, 5.74) is 2.57. The van der Waals surface area contributed by atoms with Crippen LogP contribution in [0, 0.1) is 0 Å². The monoisotopic (exact) mass is 428 g/mol. The van der Waals surface area contributed by atoms with E-state index in [9.17, 15) is 4.79 Å². The molecule has 1 saturated heterocycles. The van der Waals surface area contributed by atoms with Crippen molar-refractivity contribution < 1.29 is 4.74 Å². The van der Waals surface area contributed by atoms with Crippen molar-refractivity contribution in [3.05, 3.63) is 83.2 Å². The molecule has 4 aromatic rings. The standard InChI is InChI=1S/C24H24N6O2/c1-32-20-7-5-19(6-8-20)28-12-14-29(15-13-28)24-26-16-21-22(27-24)9-11-30(23(21)31)17-18-4-2-3-10-25-18/h2-11,16H,12-15,17H2,1H3. The summed E-state index contributed by atoms with van der Waals surface area (Å²) in [5.74, 6) is 1.52. The van der Waals surface area contributed by atoms with Gasteiger partial charge in [-0.2, -0.15) is 0 Å². The maximum absolute atomic E-state index is 12.9. The number of methoxy groups -OCH3 is 1. The fourth-order valence-corrected chi connectivity index (χ4v) is 3.96. The van der Waals surface area contributed by atoms with Gasteiger partial charge in [-0.25, -0.2) is 9.97 Å². The van der Waals surface area contributed by atoms with E-state index in [0.29, 0.717) is 23.4 Å². The van der Waals surface area contributed by atoms with E-state index in [0.717, 1.165) is 37.6 Å². The molecule has 0 spiro atoms. The maximum atomic E-state index is 12.9. The average Bonchev–Trinajstić information content (AvgIpc) is 2.86. The van der Waals surface area contributed by atoms with E-state index in [4.69, 9.17) is 4.74 Å². The zero-order valence-electron chi connectivity index (χ0n) is 17.9. The average molecular weight is 428 g/mol. The van der Waals surface area contributed by atoms with E-state index in [1.165, 1.54) is 5.69 Å². The van der Waals surface area contributed by atoms with Crippen LogP contribution in [0.3, 0.4) is 0 Å². The first-order valence-electron chi connectivity index (χ1n) is 10.6. The van der Waals surface area contributed by atoms with Crippen molar-refractivity contribution in [2.75, 3.05) is 43.1 Å². The highest BCUT2D eigenvalue weighted by molar-refractivity contribution is 5.77. The molecule has 0 atom stereocenters. The molecule has 0 bridgehead atoms. The highest BCUT2D eigenvalue weighted by atomic mass is 16.5. The van der Waals surface area contributed by atoms with E-state index >= 15 is 0 Å². The third-order valence-corrected chi connectivity index (χ3v) is 5.77. The van der Waals surface area contributed by atoms with Crippen molar-refractivity contribution in [2.45, 2.75) is 6.54 Å². The summed E-state index contributed by atoms with van der Waals surface area (Å²) in [5, 5.41) is 0.518. The van der Waals surface area contributed by atoms with Crippen LogP contribution in [0.25, 0.3) is 10.9 Å². The van der Waals surface area contributed by atoms with Gasteiger partial charge in [0, 0.05) is 50.5 Å². The van der Waals surface area contributed by atoms with Gasteiger partial charge in [0.25, 0.3) is 5.56 Å². The first kappa shape index (κ1) is 20.0. The first-order valence-corrected chi connectivity index (χ1v) is 10.6. The number of piperazine rings is 1. The van der Waals surface area contributed by atoms with E-state index in [2.05, 4.69) is 36.9 Å². The maximum Gasteiger partial charge on any atom is 0.261 e. The third-order valence-electron chi connectivity index (χ3n) is 5.77. The number of aromatic nitrogens is 4. The third kappa shape index (κ3) is 3.99. The molecule has 0 N–H and O–H groups in total. The van der Waals surface area contributed by atoms with Gasteiger partial charge < -0.3 is 19.1 Å². The molecule has 1 aliphatic heterocycles. The SMILES string of the molecule is COc1ccc(N2CCN(c3ncc4c(=O)n(Cc5ccccn5)ccc4n3)CC2)cc1. The number of pyridine rings is 2. The Morgan fingerprint density at radius 2 is 1.72 bits per heavy atom. The topological polar surface area (TPSA) is 76.4 Å². The molecule has 1 aromatic carbocycles. The molecule has 3 aromatic heterocycles. The fraction of sp³-hybridized carbons (Fsp3) is 0.250. The van der Waals surface area contributed by atoms with Crippen molar-refractivity contribution in [2.24, 2.45) is 0 Å². The van der Waals surface area contributed by atoms with Gasteiger partial charge in [-0.15, -0.1) is 0 Å². The quantitative estimate of drug-likeness (QED) is 0.484. The van der Waals surface area contributed by atoms with E-state index in [1.807, 2.05) is 36.4 Å². The van der Waals surface area contributed by atoms with Crippen LogP contribution in [-0.2, 0) is 6.54 Å². The van der Waals surface area contributed by atoms with E-state index in [-0.39, 0.29) is 5.56 Å². The molecular formula is C24H24N6O2. The first-order chi connectivity index (χ1) is 15.7. The molecule has 0 unspecified atom stereocenters. The van der Waals surface area contributed by atoms with Crippen LogP contribution in [0.1, 0.15) is 5.69 Å². The van der Waals surface area contributed by atoms with Crippen LogP contribution >= 0.6 is 0 Å². The minimum Gasteiger partial charge on any atom is -0.497 e. The molecule has 0 saturated carbocycles. The number of nitrogens with zero attached hydrogens (tertiary/aromatic N) is 6. The molecule has 162 valence electrons. The minimum absolute atomic E-state index is 0.107. The van der Waals surface area contributed by atoms with Crippen molar-refractivity contribution in [1.29, 1.82) is 0 Å². The van der Waals surface area contributed by atoms with Gasteiger partial charge in [0.05, 0.1) is 30.3 Å². The lowest BCUT2D eigenvalue weighted by Gasteiger charge is -2.36. The molecule has 5 rings (SSSR count). The highest BCUT2D eigenvalue weighted by Gasteiger charge is 2.20. The zero-order valence-corrected chi connectivity index (χ0v) is 17.9. The van der Waals surface area contributed by atoms with E-state index in [1.54, 1.807) is 30.3 Å². The van der Waals surface area contributed by atoms with Gasteiger partial charge in [-0.3, -0.25) is 9.78 Å². The van der Waals surface area contributed by atoms with Crippen LogP contribution in [0.15, 0.2) is 71.9 Å². The number of hydrogen-bond acceptors (Lipinski definition) is 7. The van der Waals surface area contributed by atoms with E-state index < -0.39 is 0 Å². The molecule has 1 fully saturated rings. The number of anilines is 2. The summed E-state index contributed by atoms with van der Waals surface area (Å²) in [6, 6.07) is 15.7. The van der Waals surface area contributed by atoms with Crippen LogP contribution < -0.4 is 20.1 Å². The summed E-state index contributed by atoms with van der Waals surface area (Å²) in [7, 11) is 1.67. The van der Waals surface area contributed by atoms with Gasteiger partial charge in [0.2, 0.25) is 5.95 Å². The molecular weight excluding hydrogens is 404 g/mol.